The minimum absolute atomic E-state index is 0.421. The van der Waals surface area contributed by atoms with Crippen molar-refractivity contribution in [1.82, 2.24) is 20.2 Å². The van der Waals surface area contributed by atoms with Crippen molar-refractivity contribution < 1.29 is 0 Å². The van der Waals surface area contributed by atoms with Crippen molar-refractivity contribution >= 4 is 11.6 Å². The smallest absolute Gasteiger partial charge is 0.157 e. The average molecular weight is 251 g/mol. The van der Waals surface area contributed by atoms with Gasteiger partial charge >= 0.3 is 0 Å². The summed E-state index contributed by atoms with van der Waals surface area (Å²) in [7, 11) is 0. The van der Waals surface area contributed by atoms with E-state index in [1.54, 1.807) is 4.68 Å². The van der Waals surface area contributed by atoms with Crippen molar-refractivity contribution in [1.29, 1.82) is 0 Å². The third-order valence-corrected chi connectivity index (χ3v) is 3.24. The van der Waals surface area contributed by atoms with Gasteiger partial charge in [-0.05, 0) is 28.5 Å². The van der Waals surface area contributed by atoms with Gasteiger partial charge in [0.2, 0.25) is 0 Å². The van der Waals surface area contributed by atoms with Crippen LogP contribution in [0.1, 0.15) is 19.2 Å². The van der Waals surface area contributed by atoms with Crippen molar-refractivity contribution in [2.75, 3.05) is 5.88 Å². The minimum Gasteiger partial charge on any atom is -0.197 e. The lowest BCUT2D eigenvalue weighted by Crippen LogP contribution is -2.11. The van der Waals surface area contributed by atoms with Crippen LogP contribution in [0.2, 0.25) is 0 Å². The second-order valence-electron chi connectivity index (χ2n) is 3.98. The summed E-state index contributed by atoms with van der Waals surface area (Å²) in [6.45, 7) is 2.13. The highest BCUT2D eigenvalue weighted by Gasteiger charge is 2.13. The standard InChI is InChI=1S/C12H15ClN4/c1-2-10(9-13)8-12-14-15-16-17(12)11-6-4-3-5-7-11/h3-7,10H,2,8-9H2,1H3. The molecule has 0 fully saturated rings. The molecule has 0 aliphatic heterocycles. The molecule has 1 atom stereocenters. The predicted molar refractivity (Wildman–Crippen MR) is 67.4 cm³/mol. The molecule has 1 aromatic carbocycles. The normalized spacial score (nSPS) is 12.6. The molecule has 1 unspecified atom stereocenters. The van der Waals surface area contributed by atoms with Crippen LogP contribution in [0.15, 0.2) is 30.3 Å². The van der Waals surface area contributed by atoms with E-state index in [1.807, 2.05) is 30.3 Å². The number of hydrogen-bond acceptors (Lipinski definition) is 3. The maximum Gasteiger partial charge on any atom is 0.157 e. The molecule has 1 aromatic heterocycles. The zero-order chi connectivity index (χ0) is 12.1. The van der Waals surface area contributed by atoms with E-state index in [0.717, 1.165) is 24.4 Å². The third-order valence-electron chi connectivity index (χ3n) is 2.80. The Hall–Kier alpha value is -1.42. The fraction of sp³-hybridized carbons (Fsp3) is 0.417. The lowest BCUT2D eigenvalue weighted by molar-refractivity contribution is 0.540. The number of aromatic nitrogens is 4. The molecular weight excluding hydrogens is 236 g/mol. The number of nitrogens with zero attached hydrogens (tertiary/aromatic N) is 4. The second kappa shape index (κ2) is 5.77. The summed E-state index contributed by atoms with van der Waals surface area (Å²) in [6.07, 6.45) is 1.84. The zero-order valence-corrected chi connectivity index (χ0v) is 10.5. The maximum absolute atomic E-state index is 5.91. The van der Waals surface area contributed by atoms with Crippen molar-refractivity contribution in [2.24, 2.45) is 5.92 Å². The average Bonchev–Trinajstić information content (AvgIpc) is 2.85. The van der Waals surface area contributed by atoms with Crippen LogP contribution >= 0.6 is 11.6 Å². The molecule has 17 heavy (non-hydrogen) atoms. The van der Waals surface area contributed by atoms with Gasteiger partial charge < -0.3 is 0 Å². The van der Waals surface area contributed by atoms with E-state index in [-0.39, 0.29) is 0 Å². The summed E-state index contributed by atoms with van der Waals surface area (Å²) in [5.41, 5.74) is 0.983. The molecule has 0 radical (unpaired) electrons. The summed E-state index contributed by atoms with van der Waals surface area (Å²) < 4.78 is 1.77. The van der Waals surface area contributed by atoms with Crippen LogP contribution in [-0.4, -0.2) is 26.1 Å². The number of rotatable bonds is 5. The van der Waals surface area contributed by atoms with Gasteiger partial charge in [0.25, 0.3) is 0 Å². The van der Waals surface area contributed by atoms with Gasteiger partial charge in [-0.3, -0.25) is 0 Å². The molecule has 1 heterocycles. The molecule has 0 N–H and O–H groups in total. The number of hydrogen-bond donors (Lipinski definition) is 0. The van der Waals surface area contributed by atoms with E-state index < -0.39 is 0 Å². The molecule has 4 nitrogen and oxygen atoms in total. The van der Waals surface area contributed by atoms with E-state index in [2.05, 4.69) is 22.4 Å². The Morgan fingerprint density at radius 2 is 2.06 bits per heavy atom. The lowest BCUT2D eigenvalue weighted by Gasteiger charge is -2.10. The fourth-order valence-corrected chi connectivity index (χ4v) is 2.00. The highest BCUT2D eigenvalue weighted by molar-refractivity contribution is 6.18. The van der Waals surface area contributed by atoms with E-state index in [4.69, 9.17) is 11.6 Å². The van der Waals surface area contributed by atoms with Crippen LogP contribution in [0.25, 0.3) is 5.69 Å². The molecule has 0 saturated heterocycles. The largest absolute Gasteiger partial charge is 0.197 e. The topological polar surface area (TPSA) is 43.6 Å². The van der Waals surface area contributed by atoms with Crippen LogP contribution in [0.5, 0.6) is 0 Å². The van der Waals surface area contributed by atoms with Gasteiger partial charge in [0.1, 0.15) is 0 Å². The Labute approximate surface area is 106 Å². The molecule has 0 saturated carbocycles. The highest BCUT2D eigenvalue weighted by atomic mass is 35.5. The van der Waals surface area contributed by atoms with Crippen LogP contribution < -0.4 is 0 Å². The van der Waals surface area contributed by atoms with Crippen LogP contribution in [0.3, 0.4) is 0 Å². The zero-order valence-electron chi connectivity index (χ0n) is 9.75. The van der Waals surface area contributed by atoms with Crippen LogP contribution in [0.4, 0.5) is 0 Å². The van der Waals surface area contributed by atoms with Crippen molar-refractivity contribution in [2.45, 2.75) is 19.8 Å². The molecule has 90 valence electrons. The summed E-state index contributed by atoms with van der Waals surface area (Å²) in [5.74, 6) is 1.92. The Morgan fingerprint density at radius 1 is 1.29 bits per heavy atom. The SMILES string of the molecule is CCC(CCl)Cc1nnnn1-c1ccccc1. The second-order valence-corrected chi connectivity index (χ2v) is 4.28. The van der Waals surface area contributed by atoms with Gasteiger partial charge in [-0.15, -0.1) is 16.7 Å². The van der Waals surface area contributed by atoms with Crippen LogP contribution in [-0.2, 0) is 6.42 Å². The number of halogens is 1. The van der Waals surface area contributed by atoms with Crippen molar-refractivity contribution in [3.8, 4) is 5.69 Å². The molecule has 0 spiro atoms. The summed E-state index contributed by atoms with van der Waals surface area (Å²) >= 11 is 5.91. The number of alkyl halides is 1. The van der Waals surface area contributed by atoms with Gasteiger partial charge in [0.05, 0.1) is 5.69 Å². The molecule has 5 heteroatoms. The quantitative estimate of drug-likeness (QED) is 0.766. The minimum atomic E-state index is 0.421. The maximum atomic E-state index is 5.91. The summed E-state index contributed by atoms with van der Waals surface area (Å²) in [5, 5.41) is 11.8. The first-order valence-corrected chi connectivity index (χ1v) is 6.27. The molecule has 2 rings (SSSR count). The van der Waals surface area contributed by atoms with Crippen molar-refractivity contribution in [3.63, 3.8) is 0 Å². The first kappa shape index (κ1) is 12.0. The summed E-state index contributed by atoms with van der Waals surface area (Å²) in [4.78, 5) is 0. The number of para-hydroxylation sites is 1. The third kappa shape index (κ3) is 2.82. The molecular formula is C12H15ClN4. The Kier molecular flexibility index (Phi) is 4.09. The van der Waals surface area contributed by atoms with Crippen LogP contribution in [0, 0.1) is 5.92 Å². The Balaban J connectivity index is 2.23. The number of tetrazole rings is 1. The first-order chi connectivity index (χ1) is 8.35. The highest BCUT2D eigenvalue weighted by Crippen LogP contribution is 2.14. The van der Waals surface area contributed by atoms with Gasteiger partial charge in [0.15, 0.2) is 5.82 Å². The Bertz CT molecular complexity index is 451. The first-order valence-electron chi connectivity index (χ1n) is 5.73. The molecule has 0 aliphatic rings. The van der Waals surface area contributed by atoms with E-state index >= 15 is 0 Å². The van der Waals surface area contributed by atoms with E-state index in [9.17, 15) is 0 Å². The van der Waals surface area contributed by atoms with Gasteiger partial charge in [-0.1, -0.05) is 31.5 Å². The fourth-order valence-electron chi connectivity index (χ4n) is 1.67. The lowest BCUT2D eigenvalue weighted by atomic mass is 10.0. The van der Waals surface area contributed by atoms with Gasteiger partial charge in [0, 0.05) is 12.3 Å². The molecule has 0 aliphatic carbocycles. The van der Waals surface area contributed by atoms with Crippen molar-refractivity contribution in [3.05, 3.63) is 36.2 Å². The van der Waals surface area contributed by atoms with Gasteiger partial charge in [-0.25, -0.2) is 0 Å². The molecule has 0 bridgehead atoms. The predicted octanol–water partition coefficient (Wildman–Crippen LogP) is 2.47. The van der Waals surface area contributed by atoms with E-state index in [0.29, 0.717) is 11.8 Å². The molecule has 2 aromatic rings. The number of benzene rings is 1. The summed E-state index contributed by atoms with van der Waals surface area (Å²) in [6, 6.07) is 9.89. The van der Waals surface area contributed by atoms with E-state index in [1.165, 1.54) is 0 Å². The monoisotopic (exact) mass is 250 g/mol. The molecule has 0 amide bonds. The Morgan fingerprint density at radius 3 is 2.71 bits per heavy atom. The van der Waals surface area contributed by atoms with Gasteiger partial charge in [-0.2, -0.15) is 4.68 Å².